The molecule has 1 amide bonds. The van der Waals surface area contributed by atoms with Gasteiger partial charge in [0.25, 0.3) is 5.91 Å². The predicted octanol–water partition coefficient (Wildman–Crippen LogP) is 3.45. The van der Waals surface area contributed by atoms with Gasteiger partial charge in [-0.25, -0.2) is 8.42 Å². The third-order valence-corrected chi connectivity index (χ3v) is 6.84. The van der Waals surface area contributed by atoms with Gasteiger partial charge in [0.2, 0.25) is 10.0 Å². The lowest BCUT2D eigenvalue weighted by atomic mass is 10.1. The molecule has 0 spiro atoms. The van der Waals surface area contributed by atoms with E-state index in [4.69, 9.17) is 4.74 Å². The highest BCUT2D eigenvalue weighted by Gasteiger charge is 2.29. The average Bonchev–Trinajstić information content (AvgIpc) is 3.19. The highest BCUT2D eigenvalue weighted by atomic mass is 32.2. The summed E-state index contributed by atoms with van der Waals surface area (Å²) in [5, 5.41) is 2.79. The molecule has 1 atom stereocenters. The number of nitrogens with zero attached hydrogens (tertiary/aromatic N) is 1. The second-order valence-corrected chi connectivity index (χ2v) is 9.22. The Balaban J connectivity index is 1.40. The van der Waals surface area contributed by atoms with Crippen LogP contribution < -0.4 is 10.1 Å². The van der Waals surface area contributed by atoms with Crippen LogP contribution in [0.1, 0.15) is 11.1 Å². The monoisotopic (exact) mass is 422 g/mol. The summed E-state index contributed by atoms with van der Waals surface area (Å²) in [6.45, 7) is 0.279. The first kappa shape index (κ1) is 20.1. The van der Waals surface area contributed by atoms with E-state index in [1.807, 2.05) is 54.6 Å². The highest BCUT2D eigenvalue weighted by Crippen LogP contribution is 2.29. The highest BCUT2D eigenvalue weighted by molar-refractivity contribution is 7.89. The molecule has 3 aromatic rings. The normalized spacial score (nSPS) is 15.5. The molecule has 3 aromatic carbocycles. The Morgan fingerprint density at radius 2 is 1.67 bits per heavy atom. The summed E-state index contributed by atoms with van der Waals surface area (Å²) in [6, 6.07) is 23.1. The molecule has 0 fully saturated rings. The quantitative estimate of drug-likeness (QED) is 0.660. The van der Waals surface area contributed by atoms with Crippen molar-refractivity contribution in [1.82, 2.24) is 4.31 Å². The summed E-state index contributed by atoms with van der Waals surface area (Å²) in [5.74, 6) is 0.462. The van der Waals surface area contributed by atoms with Crippen LogP contribution in [0.25, 0.3) is 0 Å². The van der Waals surface area contributed by atoms with Gasteiger partial charge in [-0.1, -0.05) is 48.5 Å². The molecule has 0 bridgehead atoms. The first-order valence-electron chi connectivity index (χ1n) is 9.59. The maximum atomic E-state index is 12.8. The Morgan fingerprint density at radius 3 is 2.37 bits per heavy atom. The lowest BCUT2D eigenvalue weighted by molar-refractivity contribution is -0.122. The van der Waals surface area contributed by atoms with Gasteiger partial charge in [0.1, 0.15) is 5.75 Å². The van der Waals surface area contributed by atoms with Crippen LogP contribution in [0, 0.1) is 0 Å². The maximum absolute atomic E-state index is 12.8. The number of carbonyl (C=O) groups excluding carboxylic acids is 1. The number of para-hydroxylation sites is 1. The standard InChI is InChI=1S/C23H22N2O4S/c1-25(16-17-7-3-2-4-8-17)30(27,28)20-13-11-19(12-14-20)24-23(26)22-15-18-9-5-6-10-21(18)29-22/h2-14,22H,15-16H2,1H3,(H,24,26)/t22-/m1/s1. The van der Waals surface area contributed by atoms with Crippen LogP contribution in [0.3, 0.4) is 0 Å². The van der Waals surface area contributed by atoms with Crippen LogP contribution >= 0.6 is 0 Å². The zero-order chi connectivity index (χ0) is 21.1. The fourth-order valence-corrected chi connectivity index (χ4v) is 4.53. The number of ether oxygens (including phenoxy) is 1. The van der Waals surface area contributed by atoms with Crippen molar-refractivity contribution in [2.24, 2.45) is 0 Å². The summed E-state index contributed by atoms with van der Waals surface area (Å²) in [6.07, 6.45) is -0.0820. The van der Waals surface area contributed by atoms with Gasteiger partial charge in [0, 0.05) is 25.7 Å². The number of fused-ring (bicyclic) bond motifs is 1. The molecule has 1 aliphatic rings. The van der Waals surface area contributed by atoms with Gasteiger partial charge in [-0.05, 0) is 41.5 Å². The SMILES string of the molecule is CN(Cc1ccccc1)S(=O)(=O)c1ccc(NC(=O)[C@H]2Cc3ccccc3O2)cc1. The average molecular weight is 423 g/mol. The van der Waals surface area contributed by atoms with Crippen molar-refractivity contribution in [3.63, 3.8) is 0 Å². The predicted molar refractivity (Wildman–Crippen MR) is 115 cm³/mol. The Hall–Kier alpha value is -3.16. The molecule has 0 radical (unpaired) electrons. The topological polar surface area (TPSA) is 75.7 Å². The number of rotatable bonds is 6. The molecule has 7 heteroatoms. The van der Waals surface area contributed by atoms with Crippen molar-refractivity contribution >= 4 is 21.6 Å². The third kappa shape index (κ3) is 4.22. The fraction of sp³-hybridized carbons (Fsp3) is 0.174. The Morgan fingerprint density at radius 1 is 1.00 bits per heavy atom. The minimum absolute atomic E-state index is 0.170. The summed E-state index contributed by atoms with van der Waals surface area (Å²) >= 11 is 0. The van der Waals surface area contributed by atoms with Gasteiger partial charge in [-0.3, -0.25) is 4.79 Å². The lowest BCUT2D eigenvalue weighted by Gasteiger charge is -2.18. The number of sulfonamides is 1. The van der Waals surface area contributed by atoms with Crippen molar-refractivity contribution in [2.75, 3.05) is 12.4 Å². The molecule has 0 aliphatic carbocycles. The molecular weight excluding hydrogens is 400 g/mol. The minimum Gasteiger partial charge on any atom is -0.480 e. The molecule has 30 heavy (non-hydrogen) atoms. The summed E-state index contributed by atoms with van der Waals surface area (Å²) in [7, 11) is -2.09. The fourth-order valence-electron chi connectivity index (χ4n) is 3.37. The zero-order valence-electron chi connectivity index (χ0n) is 16.5. The molecule has 0 aromatic heterocycles. The van der Waals surface area contributed by atoms with Crippen molar-refractivity contribution in [1.29, 1.82) is 0 Å². The van der Waals surface area contributed by atoms with Gasteiger partial charge in [-0.2, -0.15) is 4.31 Å². The van der Waals surface area contributed by atoms with Crippen LogP contribution in [-0.2, 0) is 27.8 Å². The van der Waals surface area contributed by atoms with Gasteiger partial charge < -0.3 is 10.1 Å². The Kier molecular flexibility index (Phi) is 5.57. The van der Waals surface area contributed by atoms with Gasteiger partial charge in [0.15, 0.2) is 6.10 Å². The molecule has 0 unspecified atom stereocenters. The third-order valence-electron chi connectivity index (χ3n) is 5.02. The van der Waals surface area contributed by atoms with E-state index in [9.17, 15) is 13.2 Å². The smallest absolute Gasteiger partial charge is 0.265 e. The van der Waals surface area contributed by atoms with E-state index in [1.165, 1.54) is 16.4 Å². The second-order valence-electron chi connectivity index (χ2n) is 7.18. The Labute approximate surface area is 176 Å². The molecule has 154 valence electrons. The number of amides is 1. The van der Waals surface area contributed by atoms with Crippen LogP contribution in [0.2, 0.25) is 0 Å². The van der Waals surface area contributed by atoms with Crippen molar-refractivity contribution in [3.8, 4) is 5.75 Å². The molecule has 6 nitrogen and oxygen atoms in total. The molecule has 0 saturated heterocycles. The molecule has 1 N–H and O–H groups in total. The van der Waals surface area contributed by atoms with Gasteiger partial charge in [-0.15, -0.1) is 0 Å². The van der Waals surface area contributed by atoms with E-state index in [0.29, 0.717) is 12.1 Å². The van der Waals surface area contributed by atoms with E-state index in [1.54, 1.807) is 19.2 Å². The van der Waals surface area contributed by atoms with Gasteiger partial charge in [0.05, 0.1) is 4.90 Å². The first-order chi connectivity index (χ1) is 14.4. The number of carbonyl (C=O) groups is 1. The van der Waals surface area contributed by atoms with Crippen LogP contribution in [0.4, 0.5) is 5.69 Å². The number of hydrogen-bond donors (Lipinski definition) is 1. The number of benzene rings is 3. The van der Waals surface area contributed by atoms with Crippen molar-refractivity contribution in [3.05, 3.63) is 90.0 Å². The summed E-state index contributed by atoms with van der Waals surface area (Å²) in [4.78, 5) is 12.7. The van der Waals surface area contributed by atoms with E-state index in [2.05, 4.69) is 5.32 Å². The van der Waals surface area contributed by atoms with Crippen LogP contribution in [0.5, 0.6) is 5.75 Å². The molecule has 1 aliphatic heterocycles. The second kappa shape index (κ2) is 8.30. The van der Waals surface area contributed by atoms with E-state index >= 15 is 0 Å². The maximum Gasteiger partial charge on any atom is 0.265 e. The number of hydrogen-bond acceptors (Lipinski definition) is 4. The molecule has 1 heterocycles. The summed E-state index contributed by atoms with van der Waals surface area (Å²) in [5.41, 5.74) is 2.43. The molecule has 4 rings (SSSR count). The van der Waals surface area contributed by atoms with Crippen molar-refractivity contribution in [2.45, 2.75) is 24.0 Å². The molecule has 0 saturated carbocycles. The number of nitrogens with one attached hydrogen (secondary N) is 1. The van der Waals surface area contributed by atoms with Crippen LogP contribution in [-0.4, -0.2) is 31.8 Å². The van der Waals surface area contributed by atoms with E-state index in [0.717, 1.165) is 16.9 Å². The van der Waals surface area contributed by atoms with E-state index in [-0.39, 0.29) is 17.3 Å². The Bertz CT molecular complexity index is 1120. The summed E-state index contributed by atoms with van der Waals surface area (Å²) < 4.78 is 32.6. The van der Waals surface area contributed by atoms with Gasteiger partial charge >= 0.3 is 0 Å². The largest absolute Gasteiger partial charge is 0.480 e. The molecular formula is C23H22N2O4S. The first-order valence-corrected chi connectivity index (χ1v) is 11.0. The van der Waals surface area contributed by atoms with E-state index < -0.39 is 16.1 Å². The van der Waals surface area contributed by atoms with Crippen molar-refractivity contribution < 1.29 is 17.9 Å². The zero-order valence-corrected chi connectivity index (χ0v) is 17.3. The lowest BCUT2D eigenvalue weighted by Crippen LogP contribution is -2.31. The number of anilines is 1. The van der Waals surface area contributed by atoms with Crippen LogP contribution in [0.15, 0.2) is 83.8 Å². The minimum atomic E-state index is -3.64.